The van der Waals surface area contributed by atoms with Crippen molar-refractivity contribution in [2.75, 3.05) is 6.61 Å². The zero-order chi connectivity index (χ0) is 17.3. The molecule has 0 aromatic rings. The van der Waals surface area contributed by atoms with E-state index < -0.39 is 8.32 Å². The molecule has 1 atom stereocenters. The summed E-state index contributed by atoms with van der Waals surface area (Å²) in [7, 11) is -1.33. The fraction of sp³-hybridized carbons (Fsp3) is 1.00. The molecule has 1 aliphatic heterocycles. The highest BCUT2D eigenvalue weighted by atomic mass is 28.4. The highest BCUT2D eigenvalue weighted by Gasteiger charge is 2.35. The smallest absolute Gasteiger partial charge is 0.192 e. The number of unbranched alkanes of at least 4 members (excludes halogenated alkanes) is 12. The van der Waals surface area contributed by atoms with Crippen molar-refractivity contribution in [2.24, 2.45) is 0 Å². The molecule has 1 rings (SSSR count). The molecule has 0 bridgehead atoms. The van der Waals surface area contributed by atoms with Gasteiger partial charge in [-0.3, -0.25) is 0 Å². The average molecular weight is 355 g/mol. The zero-order valence-electron chi connectivity index (χ0n) is 17.1. The third kappa shape index (κ3) is 10.9. The van der Waals surface area contributed by atoms with Crippen molar-refractivity contribution >= 4 is 8.32 Å². The number of hydrogen-bond donors (Lipinski definition) is 0. The van der Waals surface area contributed by atoms with Crippen molar-refractivity contribution in [2.45, 2.75) is 135 Å². The highest BCUT2D eigenvalue weighted by Crippen LogP contribution is 2.33. The van der Waals surface area contributed by atoms with E-state index in [1.54, 1.807) is 0 Å². The van der Waals surface area contributed by atoms with Crippen LogP contribution in [0.3, 0.4) is 0 Å². The van der Waals surface area contributed by atoms with Crippen LogP contribution in [0.15, 0.2) is 0 Å². The molecule has 0 radical (unpaired) electrons. The average Bonchev–Trinajstić information content (AvgIpc) is 2.61. The quantitative estimate of drug-likeness (QED) is 0.200. The van der Waals surface area contributed by atoms with E-state index in [4.69, 9.17) is 4.43 Å². The van der Waals surface area contributed by atoms with E-state index in [0.717, 1.165) is 6.61 Å². The van der Waals surface area contributed by atoms with E-state index in [1.165, 1.54) is 121 Å². The standard InChI is InChI=1S/C22H46OSi/c1-3-5-7-9-11-12-14-17-21-24(22-18-15-19-23-24)20-16-13-10-8-6-4-2/h3-22H2,1-2H3. The molecule has 144 valence electrons. The van der Waals surface area contributed by atoms with Gasteiger partial charge in [-0.05, 0) is 24.6 Å². The molecule has 0 aromatic carbocycles. The van der Waals surface area contributed by atoms with Crippen LogP contribution in [-0.4, -0.2) is 14.9 Å². The highest BCUT2D eigenvalue weighted by molar-refractivity contribution is 6.73. The lowest BCUT2D eigenvalue weighted by Gasteiger charge is -2.35. The van der Waals surface area contributed by atoms with Crippen LogP contribution in [-0.2, 0) is 4.43 Å². The van der Waals surface area contributed by atoms with Crippen molar-refractivity contribution in [1.29, 1.82) is 0 Å². The summed E-state index contributed by atoms with van der Waals surface area (Å²) in [5.41, 5.74) is 0. The monoisotopic (exact) mass is 354 g/mol. The molecule has 1 aliphatic rings. The molecular weight excluding hydrogens is 308 g/mol. The van der Waals surface area contributed by atoms with E-state index in [-0.39, 0.29) is 0 Å². The summed E-state index contributed by atoms with van der Waals surface area (Å²) < 4.78 is 6.49. The molecule has 1 nitrogen and oxygen atoms in total. The zero-order valence-corrected chi connectivity index (χ0v) is 18.1. The molecule has 0 spiro atoms. The Morgan fingerprint density at radius 1 is 0.583 bits per heavy atom. The molecule has 24 heavy (non-hydrogen) atoms. The van der Waals surface area contributed by atoms with Gasteiger partial charge in [0.25, 0.3) is 0 Å². The molecule has 0 N–H and O–H groups in total. The summed E-state index contributed by atoms with van der Waals surface area (Å²) in [5, 5.41) is 0. The van der Waals surface area contributed by atoms with Crippen LogP contribution in [0.2, 0.25) is 18.1 Å². The summed E-state index contributed by atoms with van der Waals surface area (Å²) in [4.78, 5) is 0. The van der Waals surface area contributed by atoms with E-state index in [1.807, 2.05) is 0 Å². The maximum atomic E-state index is 6.49. The molecule has 1 heterocycles. The Kier molecular flexibility index (Phi) is 14.3. The minimum atomic E-state index is -1.33. The third-order valence-electron chi connectivity index (χ3n) is 5.91. The first-order valence-corrected chi connectivity index (χ1v) is 14.0. The maximum absolute atomic E-state index is 6.49. The Hall–Kier alpha value is 0.177. The molecular formula is C22H46OSi. The Morgan fingerprint density at radius 2 is 1.04 bits per heavy atom. The van der Waals surface area contributed by atoms with Gasteiger partial charge < -0.3 is 4.43 Å². The van der Waals surface area contributed by atoms with Crippen molar-refractivity contribution in [1.82, 2.24) is 0 Å². The van der Waals surface area contributed by atoms with Gasteiger partial charge in [-0.25, -0.2) is 0 Å². The van der Waals surface area contributed by atoms with Crippen LogP contribution in [0.25, 0.3) is 0 Å². The van der Waals surface area contributed by atoms with Crippen LogP contribution in [0.4, 0.5) is 0 Å². The second kappa shape index (κ2) is 15.4. The second-order valence-corrected chi connectivity index (χ2v) is 12.4. The van der Waals surface area contributed by atoms with Gasteiger partial charge in [0, 0.05) is 6.61 Å². The molecule has 0 aromatic heterocycles. The fourth-order valence-electron chi connectivity index (χ4n) is 4.24. The first-order valence-electron chi connectivity index (χ1n) is 11.5. The van der Waals surface area contributed by atoms with Crippen LogP contribution in [0.5, 0.6) is 0 Å². The topological polar surface area (TPSA) is 9.23 Å². The van der Waals surface area contributed by atoms with Gasteiger partial charge in [0.15, 0.2) is 8.32 Å². The predicted molar refractivity (Wildman–Crippen MR) is 111 cm³/mol. The summed E-state index contributed by atoms with van der Waals surface area (Å²) in [6, 6.07) is 4.41. The van der Waals surface area contributed by atoms with Crippen LogP contribution < -0.4 is 0 Å². The van der Waals surface area contributed by atoms with Crippen LogP contribution >= 0.6 is 0 Å². The Bertz CT molecular complexity index is 261. The Labute approximate surface area is 154 Å². The lowest BCUT2D eigenvalue weighted by Crippen LogP contribution is -2.41. The molecule has 0 aliphatic carbocycles. The van der Waals surface area contributed by atoms with E-state index in [9.17, 15) is 0 Å². The van der Waals surface area contributed by atoms with E-state index in [2.05, 4.69) is 13.8 Å². The molecule has 2 heteroatoms. The molecule has 1 fully saturated rings. The lowest BCUT2D eigenvalue weighted by molar-refractivity contribution is 0.263. The second-order valence-electron chi connectivity index (χ2n) is 8.23. The van der Waals surface area contributed by atoms with Gasteiger partial charge in [-0.2, -0.15) is 0 Å². The predicted octanol–water partition coefficient (Wildman–Crippen LogP) is 8.24. The molecule has 1 unspecified atom stereocenters. The van der Waals surface area contributed by atoms with E-state index in [0.29, 0.717) is 0 Å². The van der Waals surface area contributed by atoms with Gasteiger partial charge in [-0.15, -0.1) is 0 Å². The van der Waals surface area contributed by atoms with Gasteiger partial charge in [0.2, 0.25) is 0 Å². The third-order valence-corrected chi connectivity index (χ3v) is 10.5. The Morgan fingerprint density at radius 3 is 1.46 bits per heavy atom. The van der Waals surface area contributed by atoms with Crippen molar-refractivity contribution in [3.63, 3.8) is 0 Å². The van der Waals surface area contributed by atoms with Gasteiger partial charge in [0.1, 0.15) is 0 Å². The van der Waals surface area contributed by atoms with E-state index >= 15 is 0 Å². The Balaban J connectivity index is 2.12. The molecule has 1 saturated heterocycles. The lowest BCUT2D eigenvalue weighted by atomic mass is 10.1. The first kappa shape index (κ1) is 22.2. The van der Waals surface area contributed by atoms with Crippen molar-refractivity contribution < 1.29 is 4.43 Å². The minimum absolute atomic E-state index is 1.08. The number of rotatable bonds is 16. The van der Waals surface area contributed by atoms with Gasteiger partial charge >= 0.3 is 0 Å². The summed E-state index contributed by atoms with van der Waals surface area (Å²) in [6.45, 7) is 5.69. The molecule has 0 saturated carbocycles. The largest absolute Gasteiger partial charge is 0.417 e. The van der Waals surface area contributed by atoms with Crippen molar-refractivity contribution in [3.8, 4) is 0 Å². The first-order chi connectivity index (χ1) is 11.8. The van der Waals surface area contributed by atoms with Crippen LogP contribution in [0, 0.1) is 0 Å². The minimum Gasteiger partial charge on any atom is -0.417 e. The fourth-order valence-corrected chi connectivity index (χ4v) is 8.68. The summed E-state index contributed by atoms with van der Waals surface area (Å²) in [6.07, 6.45) is 22.9. The van der Waals surface area contributed by atoms with Crippen LogP contribution in [0.1, 0.15) is 117 Å². The van der Waals surface area contributed by atoms with Gasteiger partial charge in [0.05, 0.1) is 0 Å². The summed E-state index contributed by atoms with van der Waals surface area (Å²) in [5.74, 6) is 0. The maximum Gasteiger partial charge on any atom is 0.192 e. The SMILES string of the molecule is CCCCCCCCCC[Si]1(CCCCCCCC)CCCCO1. The summed E-state index contributed by atoms with van der Waals surface area (Å²) >= 11 is 0. The van der Waals surface area contributed by atoms with Crippen molar-refractivity contribution in [3.05, 3.63) is 0 Å². The van der Waals surface area contributed by atoms with Gasteiger partial charge in [-0.1, -0.05) is 110 Å². The number of hydrogen-bond acceptors (Lipinski definition) is 1. The molecule has 0 amide bonds. The normalized spacial score (nSPS) is 21.2.